The number of ketones is 1. The second-order valence-electron chi connectivity index (χ2n) is 4.27. The highest BCUT2D eigenvalue weighted by Crippen LogP contribution is 2.31. The number of Topliss-reactive ketones (excluding diaryl/α,β-unsaturated/α-hetero) is 1. The van der Waals surface area contributed by atoms with Crippen molar-refractivity contribution in [2.45, 2.75) is 44.6 Å². The molecule has 0 aromatic heterocycles. The Hall–Kier alpha value is -0.420. The molecule has 1 rings (SSSR count). The van der Waals surface area contributed by atoms with Crippen LogP contribution >= 0.6 is 0 Å². The van der Waals surface area contributed by atoms with Crippen molar-refractivity contribution in [3.63, 3.8) is 0 Å². The standard InChI is InChI=1S/C10H19NO3S/c1-2-15(13,14)8-3-5-9(12)10(11)6-4-7-10/h2-8,11H2,1H3. The SMILES string of the molecule is CCS(=O)(=O)CCCC(=O)C1(N)CCC1. The first-order chi connectivity index (χ1) is 6.90. The van der Waals surface area contributed by atoms with Crippen LogP contribution in [-0.4, -0.2) is 31.2 Å². The van der Waals surface area contributed by atoms with Gasteiger partial charge in [-0.05, 0) is 25.7 Å². The van der Waals surface area contributed by atoms with Crippen molar-refractivity contribution >= 4 is 15.6 Å². The molecule has 1 saturated carbocycles. The highest BCUT2D eigenvalue weighted by atomic mass is 32.2. The number of rotatable bonds is 6. The number of carbonyl (C=O) groups is 1. The highest BCUT2D eigenvalue weighted by molar-refractivity contribution is 7.91. The summed E-state index contributed by atoms with van der Waals surface area (Å²) in [6.45, 7) is 1.62. The molecule has 0 bridgehead atoms. The van der Waals surface area contributed by atoms with Crippen molar-refractivity contribution in [3.8, 4) is 0 Å². The molecule has 1 aliphatic rings. The molecule has 0 aliphatic heterocycles. The van der Waals surface area contributed by atoms with Gasteiger partial charge >= 0.3 is 0 Å². The van der Waals surface area contributed by atoms with Crippen LogP contribution < -0.4 is 5.73 Å². The molecule has 0 radical (unpaired) electrons. The van der Waals surface area contributed by atoms with E-state index in [1.165, 1.54) is 0 Å². The van der Waals surface area contributed by atoms with Gasteiger partial charge in [-0.1, -0.05) is 6.92 Å². The average Bonchev–Trinajstić information content (AvgIpc) is 2.13. The van der Waals surface area contributed by atoms with Crippen molar-refractivity contribution in [2.75, 3.05) is 11.5 Å². The van der Waals surface area contributed by atoms with E-state index in [1.807, 2.05) is 0 Å². The molecule has 5 heteroatoms. The van der Waals surface area contributed by atoms with Crippen LogP contribution in [0, 0.1) is 0 Å². The lowest BCUT2D eigenvalue weighted by atomic mass is 9.73. The molecule has 0 heterocycles. The second kappa shape index (κ2) is 4.61. The maximum absolute atomic E-state index is 11.6. The minimum atomic E-state index is -2.94. The summed E-state index contributed by atoms with van der Waals surface area (Å²) in [6, 6.07) is 0. The summed E-state index contributed by atoms with van der Waals surface area (Å²) in [5.41, 5.74) is 5.20. The van der Waals surface area contributed by atoms with E-state index in [2.05, 4.69) is 0 Å². The van der Waals surface area contributed by atoms with Crippen LogP contribution in [0.3, 0.4) is 0 Å². The van der Waals surface area contributed by atoms with Gasteiger partial charge in [-0.25, -0.2) is 8.42 Å². The van der Waals surface area contributed by atoms with E-state index in [-0.39, 0.29) is 17.3 Å². The molecule has 1 aliphatic carbocycles. The number of hydrogen-bond acceptors (Lipinski definition) is 4. The summed E-state index contributed by atoms with van der Waals surface area (Å²) in [5, 5.41) is 0. The fourth-order valence-electron chi connectivity index (χ4n) is 1.68. The maximum atomic E-state index is 11.6. The van der Waals surface area contributed by atoms with E-state index in [0.717, 1.165) is 19.3 Å². The molecule has 0 aromatic carbocycles. The van der Waals surface area contributed by atoms with E-state index in [1.54, 1.807) is 6.92 Å². The molecule has 88 valence electrons. The summed E-state index contributed by atoms with van der Waals surface area (Å²) in [7, 11) is -2.94. The van der Waals surface area contributed by atoms with Crippen molar-refractivity contribution in [1.82, 2.24) is 0 Å². The Kier molecular flexibility index (Phi) is 3.89. The monoisotopic (exact) mass is 233 g/mol. The Balaban J connectivity index is 2.29. The van der Waals surface area contributed by atoms with Crippen molar-refractivity contribution in [2.24, 2.45) is 5.73 Å². The normalized spacial score (nSPS) is 19.6. The third-order valence-electron chi connectivity index (χ3n) is 3.10. The van der Waals surface area contributed by atoms with Crippen molar-refractivity contribution in [3.05, 3.63) is 0 Å². The van der Waals surface area contributed by atoms with Gasteiger partial charge in [-0.2, -0.15) is 0 Å². The fraction of sp³-hybridized carbons (Fsp3) is 0.900. The minimum Gasteiger partial charge on any atom is -0.319 e. The molecule has 0 amide bonds. The van der Waals surface area contributed by atoms with Gasteiger partial charge in [0, 0.05) is 12.2 Å². The third-order valence-corrected chi connectivity index (χ3v) is 4.89. The first-order valence-corrected chi connectivity index (χ1v) is 7.24. The van der Waals surface area contributed by atoms with Crippen LogP contribution in [0.5, 0.6) is 0 Å². The summed E-state index contributed by atoms with van der Waals surface area (Å²) >= 11 is 0. The molecule has 0 saturated heterocycles. The number of hydrogen-bond donors (Lipinski definition) is 1. The number of sulfone groups is 1. The lowest BCUT2D eigenvalue weighted by Crippen LogP contribution is -2.53. The predicted octanol–water partition coefficient (Wildman–Crippen LogP) is 0.652. The van der Waals surface area contributed by atoms with Gasteiger partial charge < -0.3 is 5.73 Å². The van der Waals surface area contributed by atoms with E-state index in [0.29, 0.717) is 12.8 Å². The summed E-state index contributed by atoms with van der Waals surface area (Å²) < 4.78 is 22.3. The van der Waals surface area contributed by atoms with Gasteiger partial charge in [-0.15, -0.1) is 0 Å². The lowest BCUT2D eigenvalue weighted by Gasteiger charge is -2.36. The second-order valence-corrected chi connectivity index (χ2v) is 6.75. The summed E-state index contributed by atoms with van der Waals surface area (Å²) in [6.07, 6.45) is 3.23. The quantitative estimate of drug-likeness (QED) is 0.730. The van der Waals surface area contributed by atoms with Crippen molar-refractivity contribution in [1.29, 1.82) is 0 Å². The van der Waals surface area contributed by atoms with Crippen LogP contribution in [-0.2, 0) is 14.6 Å². The van der Waals surface area contributed by atoms with Gasteiger partial charge in [0.1, 0.15) is 9.84 Å². The zero-order chi connectivity index (χ0) is 11.5. The Morgan fingerprint density at radius 1 is 1.40 bits per heavy atom. The Morgan fingerprint density at radius 3 is 2.40 bits per heavy atom. The lowest BCUT2D eigenvalue weighted by molar-refractivity contribution is -0.127. The first-order valence-electron chi connectivity index (χ1n) is 5.42. The summed E-state index contributed by atoms with van der Waals surface area (Å²) in [5.74, 6) is 0.278. The van der Waals surface area contributed by atoms with Crippen LogP contribution in [0.4, 0.5) is 0 Å². The van der Waals surface area contributed by atoms with E-state index >= 15 is 0 Å². The Morgan fingerprint density at radius 2 is 2.00 bits per heavy atom. The molecule has 0 aromatic rings. The van der Waals surface area contributed by atoms with E-state index in [9.17, 15) is 13.2 Å². The van der Waals surface area contributed by atoms with Gasteiger partial charge in [0.05, 0.1) is 11.3 Å². The van der Waals surface area contributed by atoms with Crippen LogP contribution in [0.15, 0.2) is 0 Å². The maximum Gasteiger partial charge on any atom is 0.152 e. The van der Waals surface area contributed by atoms with Crippen LogP contribution in [0.1, 0.15) is 39.0 Å². The largest absolute Gasteiger partial charge is 0.319 e. The van der Waals surface area contributed by atoms with Crippen LogP contribution in [0.25, 0.3) is 0 Å². The van der Waals surface area contributed by atoms with Crippen LogP contribution in [0.2, 0.25) is 0 Å². The minimum absolute atomic E-state index is 0.0278. The van der Waals surface area contributed by atoms with Gasteiger partial charge in [-0.3, -0.25) is 4.79 Å². The smallest absolute Gasteiger partial charge is 0.152 e. The Bertz CT molecular complexity index is 331. The molecule has 0 unspecified atom stereocenters. The molecule has 0 spiro atoms. The first kappa shape index (κ1) is 12.6. The number of nitrogens with two attached hydrogens (primary N) is 1. The van der Waals surface area contributed by atoms with Gasteiger partial charge in [0.15, 0.2) is 5.78 Å². The molecule has 15 heavy (non-hydrogen) atoms. The van der Waals surface area contributed by atoms with E-state index in [4.69, 9.17) is 5.73 Å². The molecule has 1 fully saturated rings. The summed E-state index contributed by atoms with van der Waals surface area (Å²) in [4.78, 5) is 11.6. The molecule has 4 nitrogen and oxygen atoms in total. The average molecular weight is 233 g/mol. The highest BCUT2D eigenvalue weighted by Gasteiger charge is 2.39. The zero-order valence-corrected chi connectivity index (χ0v) is 9.98. The Labute approximate surface area is 91.1 Å². The molecule has 0 atom stereocenters. The molecular weight excluding hydrogens is 214 g/mol. The molecule has 2 N–H and O–H groups in total. The van der Waals surface area contributed by atoms with E-state index < -0.39 is 15.4 Å². The number of carbonyl (C=O) groups excluding carboxylic acids is 1. The third kappa shape index (κ3) is 3.28. The van der Waals surface area contributed by atoms with Crippen molar-refractivity contribution < 1.29 is 13.2 Å². The topological polar surface area (TPSA) is 77.2 Å². The predicted molar refractivity (Wildman–Crippen MR) is 59.3 cm³/mol. The van der Waals surface area contributed by atoms with Gasteiger partial charge in [0.25, 0.3) is 0 Å². The zero-order valence-electron chi connectivity index (χ0n) is 9.16. The van der Waals surface area contributed by atoms with Gasteiger partial charge in [0.2, 0.25) is 0 Å². The fourth-order valence-corrected chi connectivity index (χ4v) is 2.56. The molecular formula is C10H19NO3S.